The number of anilines is 1. The lowest BCUT2D eigenvalue weighted by Crippen LogP contribution is -2.39. The van der Waals surface area contributed by atoms with Crippen LogP contribution < -0.4 is 5.32 Å². The van der Waals surface area contributed by atoms with E-state index in [9.17, 15) is 9.59 Å². The summed E-state index contributed by atoms with van der Waals surface area (Å²) in [7, 11) is 1.59. The Morgan fingerprint density at radius 1 is 1.48 bits per heavy atom. The minimum Gasteiger partial charge on any atom is -0.478 e. The Morgan fingerprint density at radius 2 is 2.19 bits per heavy atom. The lowest BCUT2D eigenvalue weighted by atomic mass is 10.2. The van der Waals surface area contributed by atoms with Crippen LogP contribution in [-0.2, 0) is 4.74 Å². The second-order valence-electron chi connectivity index (χ2n) is 4.85. The van der Waals surface area contributed by atoms with Gasteiger partial charge in [0.05, 0.1) is 12.2 Å². The fraction of sp³-hybridized carbons (Fsp3) is 0.429. The first kappa shape index (κ1) is 15.8. The Hall–Kier alpha value is -1.60. The van der Waals surface area contributed by atoms with Gasteiger partial charge in [-0.3, -0.25) is 0 Å². The fourth-order valence-electron chi connectivity index (χ4n) is 1.99. The Bertz CT molecular complexity index is 546. The average molecular weight is 357 g/mol. The van der Waals surface area contributed by atoms with Gasteiger partial charge < -0.3 is 20.1 Å². The Morgan fingerprint density at radius 3 is 2.76 bits per heavy atom. The summed E-state index contributed by atoms with van der Waals surface area (Å²) in [6, 6.07) is 4.74. The molecule has 0 saturated heterocycles. The Balaban J connectivity index is 2.07. The maximum atomic E-state index is 12.3. The maximum absolute atomic E-state index is 12.3. The first-order valence-corrected chi connectivity index (χ1v) is 7.41. The van der Waals surface area contributed by atoms with E-state index in [1.54, 1.807) is 24.1 Å². The number of benzene rings is 1. The fourth-order valence-corrected chi connectivity index (χ4v) is 2.40. The number of nitrogens with one attached hydrogen (secondary N) is 1. The number of carbonyl (C=O) groups is 2. The molecule has 0 atom stereocenters. The van der Waals surface area contributed by atoms with Crippen molar-refractivity contribution in [3.63, 3.8) is 0 Å². The quantitative estimate of drug-likeness (QED) is 0.821. The van der Waals surface area contributed by atoms with Crippen molar-refractivity contribution in [2.24, 2.45) is 0 Å². The van der Waals surface area contributed by atoms with Crippen LogP contribution in [0.2, 0.25) is 0 Å². The number of amides is 2. The predicted octanol–water partition coefficient (Wildman–Crippen LogP) is 2.79. The molecule has 1 fully saturated rings. The molecule has 2 N–H and O–H groups in total. The summed E-state index contributed by atoms with van der Waals surface area (Å²) in [5, 5.41) is 11.8. The molecule has 6 nitrogen and oxygen atoms in total. The standard InChI is InChI=1S/C14H17BrN2O4/c1-21-7-6-17(10-3-4-10)14(20)16-9-2-5-12(15)11(8-9)13(18)19/h2,5,8,10H,3-4,6-7H2,1H3,(H,16,20)(H,18,19). The molecule has 2 amide bonds. The van der Waals surface area contributed by atoms with E-state index in [-0.39, 0.29) is 17.6 Å². The van der Waals surface area contributed by atoms with E-state index >= 15 is 0 Å². The molecule has 1 aliphatic carbocycles. The largest absolute Gasteiger partial charge is 0.478 e. The SMILES string of the molecule is COCCN(C(=O)Nc1ccc(Br)c(C(=O)O)c1)C1CC1. The van der Waals surface area contributed by atoms with E-state index in [1.807, 2.05) is 0 Å². The molecule has 0 bridgehead atoms. The molecule has 0 radical (unpaired) electrons. The van der Waals surface area contributed by atoms with Crippen molar-refractivity contribution in [3.8, 4) is 0 Å². The van der Waals surface area contributed by atoms with Crippen LogP contribution in [0.5, 0.6) is 0 Å². The molecule has 1 aliphatic rings. The molecular weight excluding hydrogens is 340 g/mol. The van der Waals surface area contributed by atoms with E-state index in [1.165, 1.54) is 6.07 Å². The summed E-state index contributed by atoms with van der Waals surface area (Å²) in [5.74, 6) is -1.04. The third-order valence-corrected chi connectivity index (χ3v) is 3.92. The maximum Gasteiger partial charge on any atom is 0.336 e. The highest BCUT2D eigenvalue weighted by molar-refractivity contribution is 9.10. The monoisotopic (exact) mass is 356 g/mol. The van der Waals surface area contributed by atoms with Crippen molar-refractivity contribution in [2.45, 2.75) is 18.9 Å². The minimum atomic E-state index is -1.04. The van der Waals surface area contributed by atoms with E-state index in [0.717, 1.165) is 12.8 Å². The molecule has 1 aromatic carbocycles. The molecule has 114 valence electrons. The zero-order valence-corrected chi connectivity index (χ0v) is 13.2. The summed E-state index contributed by atoms with van der Waals surface area (Å²) in [6.07, 6.45) is 2.00. The van der Waals surface area contributed by atoms with Gasteiger partial charge in [0, 0.05) is 29.9 Å². The molecule has 0 unspecified atom stereocenters. The topological polar surface area (TPSA) is 78.9 Å². The number of aromatic carboxylic acids is 1. The van der Waals surface area contributed by atoms with Gasteiger partial charge in [-0.05, 0) is 47.0 Å². The number of halogens is 1. The van der Waals surface area contributed by atoms with Crippen LogP contribution >= 0.6 is 15.9 Å². The zero-order chi connectivity index (χ0) is 15.4. The Kier molecular flexibility index (Phi) is 5.19. The van der Waals surface area contributed by atoms with Gasteiger partial charge in [-0.1, -0.05) is 0 Å². The summed E-state index contributed by atoms with van der Waals surface area (Å²) >= 11 is 3.17. The molecular formula is C14H17BrN2O4. The van der Waals surface area contributed by atoms with Crippen LogP contribution in [-0.4, -0.2) is 48.3 Å². The van der Waals surface area contributed by atoms with Gasteiger partial charge in [-0.2, -0.15) is 0 Å². The van der Waals surface area contributed by atoms with Crippen LogP contribution in [0.4, 0.5) is 10.5 Å². The lowest BCUT2D eigenvalue weighted by molar-refractivity contribution is 0.0696. The molecule has 7 heteroatoms. The summed E-state index contributed by atoms with van der Waals surface area (Å²) in [4.78, 5) is 25.1. The average Bonchev–Trinajstić information content (AvgIpc) is 3.25. The number of hydrogen-bond acceptors (Lipinski definition) is 3. The normalized spacial score (nSPS) is 13.8. The van der Waals surface area contributed by atoms with Gasteiger partial charge in [0.2, 0.25) is 0 Å². The van der Waals surface area contributed by atoms with E-state index in [2.05, 4.69) is 21.2 Å². The highest BCUT2D eigenvalue weighted by Crippen LogP contribution is 2.28. The van der Waals surface area contributed by atoms with Gasteiger partial charge in [0.15, 0.2) is 0 Å². The smallest absolute Gasteiger partial charge is 0.336 e. The molecule has 1 aromatic rings. The first-order chi connectivity index (χ1) is 10.0. The number of carboxylic acids is 1. The third kappa shape index (κ3) is 4.18. The van der Waals surface area contributed by atoms with Crippen molar-refractivity contribution in [2.75, 3.05) is 25.6 Å². The molecule has 1 saturated carbocycles. The number of rotatable bonds is 6. The van der Waals surface area contributed by atoms with Gasteiger partial charge in [-0.25, -0.2) is 9.59 Å². The summed E-state index contributed by atoms with van der Waals surface area (Å²) in [6.45, 7) is 1.000. The van der Waals surface area contributed by atoms with Crippen LogP contribution in [0.3, 0.4) is 0 Å². The number of carbonyl (C=O) groups excluding carboxylic acids is 1. The number of hydrogen-bond donors (Lipinski definition) is 2. The van der Waals surface area contributed by atoms with E-state index < -0.39 is 5.97 Å². The second-order valence-corrected chi connectivity index (χ2v) is 5.70. The molecule has 0 aliphatic heterocycles. The zero-order valence-electron chi connectivity index (χ0n) is 11.6. The summed E-state index contributed by atoms with van der Waals surface area (Å²) < 4.78 is 5.49. The second kappa shape index (κ2) is 6.91. The van der Waals surface area contributed by atoms with Crippen molar-refractivity contribution in [3.05, 3.63) is 28.2 Å². The molecule has 2 rings (SSSR count). The van der Waals surface area contributed by atoms with E-state index in [4.69, 9.17) is 9.84 Å². The highest BCUT2D eigenvalue weighted by Gasteiger charge is 2.32. The van der Waals surface area contributed by atoms with Crippen LogP contribution in [0.25, 0.3) is 0 Å². The highest BCUT2D eigenvalue weighted by atomic mass is 79.9. The van der Waals surface area contributed by atoms with Gasteiger partial charge in [0.25, 0.3) is 0 Å². The van der Waals surface area contributed by atoms with Gasteiger partial charge in [-0.15, -0.1) is 0 Å². The third-order valence-electron chi connectivity index (χ3n) is 3.23. The van der Waals surface area contributed by atoms with Crippen LogP contribution in [0.15, 0.2) is 22.7 Å². The van der Waals surface area contributed by atoms with Crippen molar-refractivity contribution < 1.29 is 19.4 Å². The van der Waals surface area contributed by atoms with Crippen molar-refractivity contribution in [1.29, 1.82) is 0 Å². The first-order valence-electron chi connectivity index (χ1n) is 6.62. The number of methoxy groups -OCH3 is 1. The van der Waals surface area contributed by atoms with Crippen molar-refractivity contribution >= 4 is 33.6 Å². The Labute approximate surface area is 131 Å². The minimum absolute atomic E-state index is 0.114. The lowest BCUT2D eigenvalue weighted by Gasteiger charge is -2.22. The van der Waals surface area contributed by atoms with Gasteiger partial charge in [0.1, 0.15) is 0 Å². The van der Waals surface area contributed by atoms with E-state index in [0.29, 0.717) is 23.3 Å². The molecule has 0 heterocycles. The number of ether oxygens (including phenoxy) is 1. The number of carboxylic acid groups (broad SMARTS) is 1. The molecule has 0 aromatic heterocycles. The summed E-state index contributed by atoms with van der Waals surface area (Å²) in [5.41, 5.74) is 0.575. The molecule has 0 spiro atoms. The van der Waals surface area contributed by atoms with Crippen LogP contribution in [0, 0.1) is 0 Å². The number of nitrogens with zero attached hydrogens (tertiary/aromatic N) is 1. The number of urea groups is 1. The van der Waals surface area contributed by atoms with Crippen molar-refractivity contribution in [1.82, 2.24) is 4.90 Å². The van der Waals surface area contributed by atoms with Gasteiger partial charge >= 0.3 is 12.0 Å². The van der Waals surface area contributed by atoms with Crippen LogP contribution in [0.1, 0.15) is 23.2 Å². The predicted molar refractivity (Wildman–Crippen MR) is 81.7 cm³/mol. The molecule has 21 heavy (non-hydrogen) atoms.